The lowest BCUT2D eigenvalue weighted by Crippen LogP contribution is -2.23. The Bertz CT molecular complexity index is 640. The van der Waals surface area contributed by atoms with Crippen molar-refractivity contribution in [3.8, 4) is 0 Å². The van der Waals surface area contributed by atoms with E-state index in [0.717, 1.165) is 0 Å². The molecule has 3 rings (SSSR count). The summed E-state index contributed by atoms with van der Waals surface area (Å²) in [6.45, 7) is 2.10. The number of benzene rings is 1. The van der Waals surface area contributed by atoms with Crippen LogP contribution in [0.3, 0.4) is 0 Å². The van der Waals surface area contributed by atoms with Crippen LogP contribution < -0.4 is 10.6 Å². The Balaban J connectivity index is 0.000000141. The van der Waals surface area contributed by atoms with Crippen LogP contribution in [0, 0.1) is 6.92 Å². The van der Waals surface area contributed by atoms with Gasteiger partial charge in [-0.1, -0.05) is 30.4 Å². The molecular formula is C15H17NO2S. The van der Waals surface area contributed by atoms with E-state index in [4.69, 9.17) is 4.55 Å². The molecule has 100 valence electrons. The standard InChI is InChI=1S/C9H11N.C6H6O2S/c1-7-6-8-4-2-3-5-9(8)10-7;7-9(8)6-4-2-1-3-5-6/h4-6,10H,2-3H2,1H3;1-5H,(H,7,8). The molecule has 19 heavy (non-hydrogen) atoms. The van der Waals surface area contributed by atoms with E-state index in [2.05, 4.69) is 30.1 Å². The van der Waals surface area contributed by atoms with Gasteiger partial charge in [0.15, 0.2) is 11.1 Å². The summed E-state index contributed by atoms with van der Waals surface area (Å²) in [6, 6.07) is 10.7. The van der Waals surface area contributed by atoms with Crippen LogP contribution in [0.2, 0.25) is 0 Å². The number of fused-ring (bicyclic) bond motifs is 1. The van der Waals surface area contributed by atoms with Gasteiger partial charge in [-0.2, -0.15) is 0 Å². The van der Waals surface area contributed by atoms with Crippen molar-refractivity contribution in [1.82, 2.24) is 4.98 Å². The van der Waals surface area contributed by atoms with Crippen LogP contribution in [0.1, 0.15) is 18.5 Å². The van der Waals surface area contributed by atoms with Crippen LogP contribution in [-0.4, -0.2) is 13.7 Å². The van der Waals surface area contributed by atoms with Crippen molar-refractivity contribution < 1.29 is 8.76 Å². The number of aryl methyl sites for hydroxylation is 1. The number of hydrogen-bond acceptors (Lipinski definition) is 1. The van der Waals surface area contributed by atoms with Crippen LogP contribution in [0.5, 0.6) is 0 Å². The van der Waals surface area contributed by atoms with Crippen LogP contribution in [0.25, 0.3) is 12.2 Å². The first-order valence-electron chi connectivity index (χ1n) is 6.19. The number of hydrogen-bond donors (Lipinski definition) is 2. The third-order valence-electron chi connectivity index (χ3n) is 2.84. The highest BCUT2D eigenvalue weighted by Crippen LogP contribution is 2.01. The third kappa shape index (κ3) is 3.91. The number of rotatable bonds is 1. The summed E-state index contributed by atoms with van der Waals surface area (Å²) in [4.78, 5) is 3.75. The lowest BCUT2D eigenvalue weighted by molar-refractivity contribution is 0.564. The van der Waals surface area contributed by atoms with E-state index < -0.39 is 11.1 Å². The van der Waals surface area contributed by atoms with Crippen LogP contribution in [0.4, 0.5) is 0 Å². The second-order valence-corrected chi connectivity index (χ2v) is 5.34. The number of nitrogens with one attached hydrogen (secondary N) is 1. The second-order valence-electron chi connectivity index (χ2n) is 4.37. The van der Waals surface area contributed by atoms with Gasteiger partial charge in [0, 0.05) is 11.0 Å². The first-order chi connectivity index (χ1) is 9.16. The summed E-state index contributed by atoms with van der Waals surface area (Å²) in [5.41, 5.74) is 1.26. The molecule has 0 fully saturated rings. The van der Waals surface area contributed by atoms with E-state index in [1.165, 1.54) is 29.1 Å². The monoisotopic (exact) mass is 275 g/mol. The van der Waals surface area contributed by atoms with Gasteiger partial charge < -0.3 is 9.54 Å². The highest BCUT2D eigenvalue weighted by molar-refractivity contribution is 7.79. The summed E-state index contributed by atoms with van der Waals surface area (Å²) in [7, 11) is 0. The molecule has 1 aliphatic carbocycles. The molecule has 2 N–H and O–H groups in total. The van der Waals surface area contributed by atoms with E-state index in [0.29, 0.717) is 4.90 Å². The minimum Gasteiger partial charge on any atom is -0.359 e. The van der Waals surface area contributed by atoms with Crippen molar-refractivity contribution in [2.45, 2.75) is 24.7 Å². The van der Waals surface area contributed by atoms with Gasteiger partial charge in [-0.05, 0) is 43.2 Å². The highest BCUT2D eigenvalue weighted by atomic mass is 32.2. The van der Waals surface area contributed by atoms with Crippen molar-refractivity contribution in [3.05, 3.63) is 52.7 Å². The molecule has 0 radical (unpaired) electrons. The van der Waals surface area contributed by atoms with Gasteiger partial charge >= 0.3 is 0 Å². The Morgan fingerprint density at radius 3 is 2.42 bits per heavy atom. The predicted octanol–water partition coefficient (Wildman–Crippen LogP) is 1.95. The summed E-state index contributed by atoms with van der Waals surface area (Å²) in [5.74, 6) is 0. The first kappa shape index (κ1) is 13.8. The molecule has 1 aromatic carbocycles. The van der Waals surface area contributed by atoms with Crippen molar-refractivity contribution in [2.24, 2.45) is 0 Å². The van der Waals surface area contributed by atoms with Gasteiger partial charge in [-0.3, -0.25) is 0 Å². The smallest absolute Gasteiger partial charge is 0.186 e. The van der Waals surface area contributed by atoms with Crippen molar-refractivity contribution in [1.29, 1.82) is 0 Å². The molecular weight excluding hydrogens is 258 g/mol. The average Bonchev–Trinajstić information content (AvgIpc) is 2.80. The lowest BCUT2D eigenvalue weighted by Gasteiger charge is -1.91. The van der Waals surface area contributed by atoms with Gasteiger partial charge in [-0.25, -0.2) is 4.21 Å². The molecule has 4 heteroatoms. The van der Waals surface area contributed by atoms with Crippen LogP contribution in [-0.2, 0) is 11.1 Å². The van der Waals surface area contributed by atoms with Gasteiger partial charge in [0.05, 0.1) is 4.90 Å². The maximum absolute atomic E-state index is 10.3. The third-order valence-corrected chi connectivity index (χ3v) is 3.51. The fourth-order valence-electron chi connectivity index (χ4n) is 1.97. The van der Waals surface area contributed by atoms with Crippen LogP contribution in [0.15, 0.2) is 41.3 Å². The molecule has 1 aromatic heterocycles. The van der Waals surface area contributed by atoms with Gasteiger partial charge in [0.1, 0.15) is 0 Å². The molecule has 0 saturated heterocycles. The minimum atomic E-state index is -1.83. The van der Waals surface area contributed by atoms with E-state index >= 15 is 0 Å². The fraction of sp³-hybridized carbons (Fsp3) is 0.200. The molecule has 1 heterocycles. The van der Waals surface area contributed by atoms with E-state index in [1.54, 1.807) is 30.3 Å². The lowest BCUT2D eigenvalue weighted by atomic mass is 10.2. The SMILES string of the molecule is Cc1cc2c([nH]1)=CCCC=2.O=S(O)c1ccccc1. The maximum Gasteiger partial charge on any atom is 0.186 e. The number of H-pyrrole nitrogens is 1. The summed E-state index contributed by atoms with van der Waals surface area (Å²) < 4.78 is 18.8. The summed E-state index contributed by atoms with van der Waals surface area (Å²) in [5, 5.41) is 2.69. The topological polar surface area (TPSA) is 53.1 Å². The molecule has 0 amide bonds. The minimum absolute atomic E-state index is 0.442. The molecule has 0 spiro atoms. The van der Waals surface area contributed by atoms with E-state index in [9.17, 15) is 4.21 Å². The Kier molecular flexibility index (Phi) is 4.71. The van der Waals surface area contributed by atoms with E-state index in [1.807, 2.05) is 0 Å². The number of aromatic nitrogens is 1. The zero-order valence-electron chi connectivity index (χ0n) is 10.8. The molecule has 0 bridgehead atoms. The van der Waals surface area contributed by atoms with Crippen LogP contribution >= 0.6 is 0 Å². The molecule has 0 saturated carbocycles. The summed E-state index contributed by atoms with van der Waals surface area (Å²) >= 11 is -1.83. The normalized spacial score (nSPS) is 14.2. The largest absolute Gasteiger partial charge is 0.359 e. The van der Waals surface area contributed by atoms with Gasteiger partial charge in [-0.15, -0.1) is 0 Å². The van der Waals surface area contributed by atoms with Gasteiger partial charge in [0.25, 0.3) is 0 Å². The molecule has 1 unspecified atom stereocenters. The molecule has 1 atom stereocenters. The van der Waals surface area contributed by atoms with Gasteiger partial charge in [0.2, 0.25) is 0 Å². The van der Waals surface area contributed by atoms with Crippen molar-refractivity contribution >= 4 is 23.2 Å². The molecule has 2 aromatic rings. The summed E-state index contributed by atoms with van der Waals surface area (Å²) in [6.07, 6.45) is 6.94. The predicted molar refractivity (Wildman–Crippen MR) is 78.4 cm³/mol. The Morgan fingerprint density at radius 1 is 1.16 bits per heavy atom. The molecule has 1 aliphatic rings. The number of aromatic amines is 1. The highest BCUT2D eigenvalue weighted by Gasteiger charge is 1.94. The zero-order chi connectivity index (χ0) is 13.7. The Hall–Kier alpha value is -1.65. The first-order valence-corrected chi connectivity index (χ1v) is 7.29. The van der Waals surface area contributed by atoms with Crippen molar-refractivity contribution in [3.63, 3.8) is 0 Å². The fourth-order valence-corrected chi connectivity index (χ4v) is 2.36. The maximum atomic E-state index is 10.3. The van der Waals surface area contributed by atoms with Crippen molar-refractivity contribution in [2.75, 3.05) is 0 Å². The Morgan fingerprint density at radius 2 is 1.84 bits per heavy atom. The molecule has 0 aliphatic heterocycles. The average molecular weight is 275 g/mol. The van der Waals surface area contributed by atoms with E-state index in [-0.39, 0.29) is 0 Å². The molecule has 3 nitrogen and oxygen atoms in total. The zero-order valence-corrected chi connectivity index (χ0v) is 11.6. The Labute approximate surface area is 115 Å². The second kappa shape index (κ2) is 6.50. The quantitative estimate of drug-likeness (QED) is 0.782.